The van der Waals surface area contributed by atoms with Crippen molar-refractivity contribution in [3.8, 4) is 11.5 Å². The Hall–Kier alpha value is -2.53. The zero-order valence-electron chi connectivity index (χ0n) is 17.4. The first-order valence-electron chi connectivity index (χ1n) is 10.4. The van der Waals surface area contributed by atoms with Crippen molar-refractivity contribution in [2.45, 2.75) is 38.0 Å². The van der Waals surface area contributed by atoms with Gasteiger partial charge in [0.1, 0.15) is 0 Å². The molecule has 1 N–H and O–H groups in total. The Morgan fingerprint density at radius 1 is 1.10 bits per heavy atom. The van der Waals surface area contributed by atoms with E-state index in [1.807, 2.05) is 12.1 Å². The molecule has 0 aliphatic carbocycles. The van der Waals surface area contributed by atoms with E-state index in [1.54, 1.807) is 19.2 Å². The number of nitrogens with one attached hydrogen (secondary N) is 1. The minimum atomic E-state index is -0.106. The topological polar surface area (TPSA) is 56.8 Å². The molecule has 156 valence electrons. The fourth-order valence-electron chi connectivity index (χ4n) is 3.73. The number of ether oxygens (including phenoxy) is 3. The average Bonchev–Trinajstić information content (AvgIpc) is 2.79. The van der Waals surface area contributed by atoms with Crippen molar-refractivity contribution >= 4 is 5.91 Å². The molecule has 0 unspecified atom stereocenters. The van der Waals surface area contributed by atoms with Crippen molar-refractivity contribution in [1.29, 1.82) is 0 Å². The molecule has 29 heavy (non-hydrogen) atoms. The molecule has 1 amide bonds. The monoisotopic (exact) mass is 397 g/mol. The molecule has 5 nitrogen and oxygen atoms in total. The number of rotatable bonds is 9. The summed E-state index contributed by atoms with van der Waals surface area (Å²) in [5, 5.41) is 3.14. The van der Waals surface area contributed by atoms with Gasteiger partial charge in [-0.25, -0.2) is 0 Å². The molecule has 0 bridgehead atoms. The van der Waals surface area contributed by atoms with E-state index in [0.717, 1.165) is 25.7 Å². The molecule has 1 heterocycles. The first-order chi connectivity index (χ1) is 14.2. The van der Waals surface area contributed by atoms with Gasteiger partial charge < -0.3 is 19.5 Å². The van der Waals surface area contributed by atoms with E-state index < -0.39 is 0 Å². The third-order valence-corrected chi connectivity index (χ3v) is 5.60. The van der Waals surface area contributed by atoms with Gasteiger partial charge in [-0.1, -0.05) is 43.7 Å². The van der Waals surface area contributed by atoms with Gasteiger partial charge in [-0.2, -0.15) is 0 Å². The van der Waals surface area contributed by atoms with Crippen LogP contribution in [0.3, 0.4) is 0 Å². The van der Waals surface area contributed by atoms with Gasteiger partial charge >= 0.3 is 0 Å². The maximum atomic E-state index is 12.9. The van der Waals surface area contributed by atoms with Gasteiger partial charge in [-0.3, -0.25) is 4.79 Å². The zero-order chi connectivity index (χ0) is 20.5. The van der Waals surface area contributed by atoms with E-state index in [9.17, 15) is 4.79 Å². The number of carbonyl (C=O) groups excluding carboxylic acids is 1. The Bertz CT molecular complexity index is 785. The molecule has 3 rings (SSSR count). The van der Waals surface area contributed by atoms with Gasteiger partial charge in [0.25, 0.3) is 5.91 Å². The van der Waals surface area contributed by atoms with Gasteiger partial charge in [0.05, 0.1) is 13.7 Å². The highest BCUT2D eigenvalue weighted by Gasteiger charge is 2.34. The molecular weight excluding hydrogens is 366 g/mol. The Labute approximate surface area is 173 Å². The molecule has 0 radical (unpaired) electrons. The molecule has 0 atom stereocenters. The van der Waals surface area contributed by atoms with Crippen molar-refractivity contribution in [3.05, 3.63) is 59.7 Å². The van der Waals surface area contributed by atoms with Gasteiger partial charge in [0.15, 0.2) is 11.5 Å². The summed E-state index contributed by atoms with van der Waals surface area (Å²) in [5.41, 5.74) is 1.73. The summed E-state index contributed by atoms with van der Waals surface area (Å²) in [6.07, 6.45) is 3.84. The maximum Gasteiger partial charge on any atom is 0.251 e. The molecule has 2 aromatic rings. The molecule has 0 aromatic heterocycles. The second-order valence-corrected chi connectivity index (χ2v) is 7.51. The van der Waals surface area contributed by atoms with E-state index in [-0.39, 0.29) is 11.3 Å². The van der Waals surface area contributed by atoms with Crippen LogP contribution in [0.2, 0.25) is 0 Å². The summed E-state index contributed by atoms with van der Waals surface area (Å²) in [7, 11) is 1.59. The van der Waals surface area contributed by atoms with Gasteiger partial charge in [-0.15, -0.1) is 0 Å². The highest BCUT2D eigenvalue weighted by Crippen LogP contribution is 2.34. The largest absolute Gasteiger partial charge is 0.493 e. The predicted molar refractivity (Wildman–Crippen MR) is 114 cm³/mol. The van der Waals surface area contributed by atoms with E-state index in [2.05, 4.69) is 36.5 Å². The summed E-state index contributed by atoms with van der Waals surface area (Å²) in [4.78, 5) is 12.9. The smallest absolute Gasteiger partial charge is 0.251 e. The summed E-state index contributed by atoms with van der Waals surface area (Å²) in [6, 6.07) is 15.8. The van der Waals surface area contributed by atoms with Crippen LogP contribution in [0.5, 0.6) is 11.5 Å². The number of carbonyl (C=O) groups is 1. The SMILES string of the molecule is CCCCOc1ccc(C(=O)NCC2(c3ccccc3)CCOCC2)cc1OC. The van der Waals surface area contributed by atoms with Gasteiger partial charge in [-0.05, 0) is 43.0 Å². The summed E-state index contributed by atoms with van der Waals surface area (Å²) >= 11 is 0. The van der Waals surface area contributed by atoms with Crippen LogP contribution >= 0.6 is 0 Å². The normalized spacial score (nSPS) is 15.5. The molecule has 0 saturated carbocycles. The van der Waals surface area contributed by atoms with Gasteiger partial charge in [0, 0.05) is 30.7 Å². The number of unbranched alkanes of at least 4 members (excludes halogenated alkanes) is 1. The standard InChI is InChI=1S/C24H31NO4/c1-3-4-14-29-21-11-10-19(17-22(21)27-2)23(26)25-18-24(12-15-28-16-13-24)20-8-6-5-7-9-20/h5-11,17H,3-4,12-16,18H2,1-2H3,(H,25,26). The lowest BCUT2D eigenvalue weighted by atomic mass is 9.74. The molecule has 0 spiro atoms. The molecule has 1 fully saturated rings. The van der Waals surface area contributed by atoms with Crippen LogP contribution in [0, 0.1) is 0 Å². The Balaban J connectivity index is 1.70. The van der Waals surface area contributed by atoms with E-state index in [4.69, 9.17) is 14.2 Å². The minimum Gasteiger partial charge on any atom is -0.493 e. The van der Waals surface area contributed by atoms with E-state index in [0.29, 0.717) is 43.4 Å². The number of benzene rings is 2. The fraction of sp³-hybridized carbons (Fsp3) is 0.458. The van der Waals surface area contributed by atoms with Crippen molar-refractivity contribution in [2.75, 3.05) is 33.5 Å². The summed E-state index contributed by atoms with van der Waals surface area (Å²) < 4.78 is 16.8. The zero-order valence-corrected chi connectivity index (χ0v) is 17.4. The summed E-state index contributed by atoms with van der Waals surface area (Å²) in [5.74, 6) is 1.14. The molecular formula is C24H31NO4. The number of hydrogen-bond acceptors (Lipinski definition) is 4. The van der Waals surface area contributed by atoms with Crippen molar-refractivity contribution in [1.82, 2.24) is 5.32 Å². The lowest BCUT2D eigenvalue weighted by Crippen LogP contribution is -2.44. The van der Waals surface area contributed by atoms with Crippen LogP contribution in [-0.2, 0) is 10.2 Å². The lowest BCUT2D eigenvalue weighted by molar-refractivity contribution is 0.0487. The molecule has 1 aliphatic rings. The highest BCUT2D eigenvalue weighted by atomic mass is 16.5. The number of amides is 1. The number of hydrogen-bond donors (Lipinski definition) is 1. The van der Waals surface area contributed by atoms with Crippen molar-refractivity contribution in [2.24, 2.45) is 0 Å². The van der Waals surface area contributed by atoms with Crippen LogP contribution in [-0.4, -0.2) is 39.4 Å². The van der Waals surface area contributed by atoms with Crippen molar-refractivity contribution < 1.29 is 19.0 Å². The third kappa shape index (κ3) is 5.30. The number of methoxy groups -OCH3 is 1. The van der Waals surface area contributed by atoms with E-state index in [1.165, 1.54) is 5.56 Å². The first-order valence-corrected chi connectivity index (χ1v) is 10.4. The predicted octanol–water partition coefficient (Wildman–Crippen LogP) is 4.35. The van der Waals surface area contributed by atoms with Crippen LogP contribution in [0.25, 0.3) is 0 Å². The average molecular weight is 398 g/mol. The Kier molecular flexibility index (Phi) is 7.53. The molecule has 2 aromatic carbocycles. The Morgan fingerprint density at radius 2 is 1.86 bits per heavy atom. The molecule has 1 saturated heterocycles. The molecule has 1 aliphatic heterocycles. The van der Waals surface area contributed by atoms with Crippen LogP contribution in [0.4, 0.5) is 0 Å². The van der Waals surface area contributed by atoms with Crippen LogP contribution in [0.15, 0.2) is 48.5 Å². The third-order valence-electron chi connectivity index (χ3n) is 5.60. The quantitative estimate of drug-likeness (QED) is 0.639. The van der Waals surface area contributed by atoms with Crippen LogP contribution in [0.1, 0.15) is 48.5 Å². The second kappa shape index (κ2) is 10.3. The minimum absolute atomic E-state index is 0.0948. The Morgan fingerprint density at radius 3 is 2.55 bits per heavy atom. The fourth-order valence-corrected chi connectivity index (χ4v) is 3.73. The summed E-state index contributed by atoms with van der Waals surface area (Å²) in [6.45, 7) is 4.76. The van der Waals surface area contributed by atoms with Crippen molar-refractivity contribution in [3.63, 3.8) is 0 Å². The molecule has 5 heteroatoms. The highest BCUT2D eigenvalue weighted by molar-refractivity contribution is 5.95. The van der Waals surface area contributed by atoms with E-state index >= 15 is 0 Å². The van der Waals surface area contributed by atoms with Crippen LogP contribution < -0.4 is 14.8 Å². The second-order valence-electron chi connectivity index (χ2n) is 7.51. The lowest BCUT2D eigenvalue weighted by Gasteiger charge is -2.38. The maximum absolute atomic E-state index is 12.9. The van der Waals surface area contributed by atoms with Gasteiger partial charge in [0.2, 0.25) is 0 Å². The first kappa shape index (κ1) is 21.2.